The van der Waals surface area contributed by atoms with Gasteiger partial charge in [0.15, 0.2) is 0 Å². The van der Waals surface area contributed by atoms with Crippen LogP contribution in [0.15, 0.2) is 121 Å². The van der Waals surface area contributed by atoms with Crippen LogP contribution < -0.4 is 9.80 Å². The van der Waals surface area contributed by atoms with Crippen LogP contribution in [0.25, 0.3) is 0 Å². The van der Waals surface area contributed by atoms with Crippen LogP contribution in [0.1, 0.15) is 98.8 Å². The number of hydrogen-bond donors (Lipinski definition) is 0. The molecule has 0 radical (unpaired) electrons. The molecule has 0 N–H and O–H groups in total. The molecule has 0 aliphatic heterocycles. The van der Waals surface area contributed by atoms with Crippen molar-refractivity contribution in [3.8, 4) is 0 Å². The maximum atomic E-state index is 14.1. The Morgan fingerprint density at radius 2 is 0.930 bits per heavy atom. The summed E-state index contributed by atoms with van der Waals surface area (Å²) in [5, 5.41) is 0. The van der Waals surface area contributed by atoms with Gasteiger partial charge in [0.2, 0.25) is 11.8 Å². The summed E-state index contributed by atoms with van der Waals surface area (Å²) in [6, 6.07) is 26.2. The van der Waals surface area contributed by atoms with Gasteiger partial charge in [-0.3, -0.25) is 21.7 Å². The summed E-state index contributed by atoms with van der Waals surface area (Å²) >= 11 is 0. The number of halogens is 4. The van der Waals surface area contributed by atoms with Gasteiger partial charge >= 0.3 is 21.7 Å². The summed E-state index contributed by atoms with van der Waals surface area (Å²) in [5.74, 6) is -3.81. The van der Waals surface area contributed by atoms with Crippen molar-refractivity contribution < 1.29 is 48.9 Å². The van der Waals surface area contributed by atoms with Gasteiger partial charge in [0.25, 0.3) is 0 Å². The second-order valence-corrected chi connectivity index (χ2v) is 12.8. The monoisotopic (exact) mass is 810 g/mol. The van der Waals surface area contributed by atoms with Crippen molar-refractivity contribution in [1.29, 1.82) is 0 Å². The first-order valence-corrected chi connectivity index (χ1v) is 19.2. The van der Waals surface area contributed by atoms with Crippen molar-refractivity contribution >= 4 is 23.2 Å². The molecule has 6 rings (SSSR count). The molecule has 2 aliphatic rings. The number of unbranched alkanes of at least 4 members (excludes halogenated alkanes) is 6. The molecular formula is C48H50F4N2O2Ti. The number of carbonyl (C=O) groups excluding carboxylic acids is 2. The van der Waals surface area contributed by atoms with Crippen molar-refractivity contribution in [3.63, 3.8) is 0 Å². The predicted molar refractivity (Wildman–Crippen MR) is 218 cm³/mol. The van der Waals surface area contributed by atoms with Crippen LogP contribution in [0.5, 0.6) is 0 Å². The second-order valence-electron chi connectivity index (χ2n) is 12.8. The van der Waals surface area contributed by atoms with Crippen molar-refractivity contribution in [2.24, 2.45) is 0 Å². The predicted octanol–water partition coefficient (Wildman–Crippen LogP) is 12.6. The van der Waals surface area contributed by atoms with E-state index < -0.39 is 23.3 Å². The summed E-state index contributed by atoms with van der Waals surface area (Å²) in [6.07, 6.45) is 27.7. The SMILES string of the molecule is CCCCCCN(C(=O)c1ccccc1)c1ccc(F)[c-]c1F.CCCCCCN(C(=O)c1ccccc1)c1ccc(F)[c-]c1F.[C-]1=CC=CC1.[C-]1=CC=CC1.[Ti+4]. The van der Waals surface area contributed by atoms with E-state index in [9.17, 15) is 27.2 Å². The minimum absolute atomic E-state index is 0. The van der Waals surface area contributed by atoms with Crippen molar-refractivity contribution in [2.75, 3.05) is 22.9 Å². The molecule has 2 amide bonds. The molecule has 4 aromatic carbocycles. The Balaban J connectivity index is 0.000000310. The average Bonchev–Trinajstić information content (AvgIpc) is 4.01. The zero-order valence-electron chi connectivity index (χ0n) is 32.8. The molecule has 0 unspecified atom stereocenters. The van der Waals surface area contributed by atoms with Gasteiger partial charge in [-0.25, -0.2) is 41.9 Å². The van der Waals surface area contributed by atoms with Crippen LogP contribution in [0.3, 0.4) is 0 Å². The summed E-state index contributed by atoms with van der Waals surface area (Å²) < 4.78 is 54.3. The van der Waals surface area contributed by atoms with Crippen molar-refractivity contribution in [3.05, 3.63) is 180 Å². The molecule has 0 saturated heterocycles. The van der Waals surface area contributed by atoms with Gasteiger partial charge in [-0.05, 0) is 48.5 Å². The van der Waals surface area contributed by atoms with E-state index in [1.54, 1.807) is 48.5 Å². The minimum Gasteiger partial charge on any atom is -0.359 e. The van der Waals surface area contributed by atoms with Crippen LogP contribution in [0, 0.1) is 47.6 Å². The molecule has 0 atom stereocenters. The molecule has 4 aromatic rings. The number of rotatable bonds is 14. The fraction of sp³-hybridized carbons (Fsp3) is 0.292. The third-order valence-corrected chi connectivity index (χ3v) is 8.44. The quantitative estimate of drug-likeness (QED) is 0.0551. The summed E-state index contributed by atoms with van der Waals surface area (Å²) in [7, 11) is 0. The molecule has 0 aromatic heterocycles. The number of anilines is 2. The number of carbonyl (C=O) groups is 2. The third kappa shape index (κ3) is 17.9. The Morgan fingerprint density at radius 3 is 1.21 bits per heavy atom. The van der Waals surface area contributed by atoms with Crippen LogP contribution in [-0.2, 0) is 21.7 Å². The maximum Gasteiger partial charge on any atom is 4.00 e. The zero-order chi connectivity index (χ0) is 40.4. The molecule has 296 valence electrons. The molecule has 0 heterocycles. The first-order chi connectivity index (χ1) is 27.3. The van der Waals surface area contributed by atoms with Gasteiger partial charge < -0.3 is 9.80 Å². The Hall–Kier alpha value is -4.79. The Kier molecular flexibility index (Phi) is 24.3. The van der Waals surface area contributed by atoms with Gasteiger partial charge in [0.1, 0.15) is 0 Å². The number of nitrogens with zero attached hydrogens (tertiary/aromatic N) is 2. The van der Waals surface area contributed by atoms with Crippen molar-refractivity contribution in [1.82, 2.24) is 0 Å². The van der Waals surface area contributed by atoms with Crippen LogP contribution >= 0.6 is 0 Å². The van der Waals surface area contributed by atoms with Gasteiger partial charge in [0, 0.05) is 47.5 Å². The molecule has 9 heteroatoms. The molecule has 2 aliphatic carbocycles. The van der Waals surface area contributed by atoms with E-state index in [-0.39, 0.29) is 44.9 Å². The van der Waals surface area contributed by atoms with Gasteiger partial charge in [-0.2, -0.15) is 12.2 Å². The summed E-state index contributed by atoms with van der Waals surface area (Å²) in [6.45, 7) is 4.98. The number of benzene rings is 4. The van der Waals surface area contributed by atoms with E-state index in [4.69, 9.17) is 0 Å². The van der Waals surface area contributed by atoms with Crippen LogP contribution in [0.2, 0.25) is 0 Å². The van der Waals surface area contributed by atoms with E-state index in [1.807, 2.05) is 48.6 Å². The fourth-order valence-corrected chi connectivity index (χ4v) is 5.50. The van der Waals surface area contributed by atoms with Crippen LogP contribution in [0.4, 0.5) is 28.9 Å². The molecular weight excluding hydrogens is 760 g/mol. The number of allylic oxidation sites excluding steroid dienone is 8. The minimum atomic E-state index is -0.843. The first-order valence-electron chi connectivity index (χ1n) is 19.2. The van der Waals surface area contributed by atoms with E-state index in [0.29, 0.717) is 24.2 Å². The Bertz CT molecular complexity index is 1720. The fourth-order valence-electron chi connectivity index (χ4n) is 5.50. The summed E-state index contributed by atoms with van der Waals surface area (Å²) in [4.78, 5) is 28.1. The standard InChI is InChI=1S/2C19H20F2NO.2C5H5.Ti/c2*1-2-3-4-8-13-22(18-12-11-16(20)14-17(18)21)19(23)15-9-6-5-7-10-15;2*1-2-4-5-3-1;/h2*5-7,9-12H,2-4,8,13H2,1H3;2*1-3H,4H2;/q4*-1;+4. The smallest absolute Gasteiger partial charge is 0.359 e. The molecule has 0 fully saturated rings. The molecule has 0 spiro atoms. The first kappa shape index (κ1) is 48.4. The van der Waals surface area contributed by atoms with E-state index in [1.165, 1.54) is 21.9 Å². The van der Waals surface area contributed by atoms with Gasteiger partial charge in [0.05, 0.1) is 0 Å². The Labute approximate surface area is 351 Å². The molecule has 0 bridgehead atoms. The Morgan fingerprint density at radius 1 is 0.544 bits per heavy atom. The van der Waals surface area contributed by atoms with Gasteiger partial charge in [-0.1, -0.05) is 88.8 Å². The molecule has 4 nitrogen and oxygen atoms in total. The maximum absolute atomic E-state index is 14.1. The summed E-state index contributed by atoms with van der Waals surface area (Å²) in [5.41, 5.74) is 1.09. The van der Waals surface area contributed by atoms with Gasteiger partial charge in [-0.15, -0.1) is 49.2 Å². The largest absolute Gasteiger partial charge is 4.00 e. The van der Waals surface area contributed by atoms with E-state index in [0.717, 1.165) is 76.3 Å². The average molecular weight is 811 g/mol. The normalized spacial score (nSPS) is 11.6. The second kappa shape index (κ2) is 28.6. The number of hydrogen-bond acceptors (Lipinski definition) is 2. The van der Waals surface area contributed by atoms with Crippen LogP contribution in [-0.4, -0.2) is 24.9 Å². The van der Waals surface area contributed by atoms with E-state index >= 15 is 0 Å². The molecule has 57 heavy (non-hydrogen) atoms. The molecule has 0 saturated carbocycles. The third-order valence-electron chi connectivity index (χ3n) is 8.44. The van der Waals surface area contributed by atoms with E-state index in [2.05, 4.69) is 38.2 Å². The topological polar surface area (TPSA) is 40.6 Å². The van der Waals surface area contributed by atoms with Crippen molar-refractivity contribution in [2.45, 2.75) is 78.1 Å². The zero-order valence-corrected chi connectivity index (χ0v) is 34.3. The number of amides is 2.